The molecule has 1 amide bonds. The number of imidazole rings is 1. The molecule has 0 aliphatic carbocycles. The molecule has 5 heteroatoms. The first kappa shape index (κ1) is 25.1. The van der Waals surface area contributed by atoms with E-state index in [-0.39, 0.29) is 17.2 Å². The fourth-order valence-electron chi connectivity index (χ4n) is 5.23. The van der Waals surface area contributed by atoms with Crippen molar-refractivity contribution in [1.82, 2.24) is 9.55 Å². The molecule has 0 radical (unpaired) electrons. The van der Waals surface area contributed by atoms with Gasteiger partial charge in [0.05, 0.1) is 17.6 Å². The van der Waals surface area contributed by atoms with Gasteiger partial charge in [-0.1, -0.05) is 57.2 Å². The maximum atomic E-state index is 13.1. The lowest BCUT2D eigenvalue weighted by molar-refractivity contribution is -0.117. The Kier molecular flexibility index (Phi) is 6.80. The molecule has 4 aromatic rings. The van der Waals surface area contributed by atoms with Crippen LogP contribution in [0.15, 0.2) is 66.7 Å². The average Bonchev–Trinajstić information content (AvgIpc) is 3.43. The number of para-hydroxylation sites is 2. The van der Waals surface area contributed by atoms with E-state index in [0.29, 0.717) is 19.6 Å². The van der Waals surface area contributed by atoms with Crippen LogP contribution in [-0.2, 0) is 16.8 Å². The van der Waals surface area contributed by atoms with Crippen molar-refractivity contribution in [3.05, 3.63) is 89.2 Å². The van der Waals surface area contributed by atoms with Gasteiger partial charge in [0, 0.05) is 31.1 Å². The zero-order chi connectivity index (χ0) is 26.2. The minimum Gasteiger partial charge on any atom is -0.494 e. The Hall–Kier alpha value is -3.60. The molecule has 0 N–H and O–H groups in total. The van der Waals surface area contributed by atoms with E-state index in [1.165, 1.54) is 5.56 Å². The summed E-state index contributed by atoms with van der Waals surface area (Å²) in [6.07, 6.45) is 1.34. The van der Waals surface area contributed by atoms with Gasteiger partial charge >= 0.3 is 0 Å². The van der Waals surface area contributed by atoms with Crippen LogP contribution in [0.4, 0.5) is 5.69 Å². The average molecular weight is 496 g/mol. The zero-order valence-corrected chi connectivity index (χ0v) is 22.6. The number of anilines is 1. The molecule has 1 aromatic heterocycles. The molecule has 2 heterocycles. The van der Waals surface area contributed by atoms with Crippen LogP contribution >= 0.6 is 0 Å². The normalized spacial score (nSPS) is 16.1. The third-order valence-corrected chi connectivity index (χ3v) is 7.34. The van der Waals surface area contributed by atoms with E-state index in [2.05, 4.69) is 99.8 Å². The van der Waals surface area contributed by atoms with Gasteiger partial charge in [0.25, 0.3) is 0 Å². The summed E-state index contributed by atoms with van der Waals surface area (Å²) in [5.74, 6) is 2.12. The van der Waals surface area contributed by atoms with Crippen molar-refractivity contribution in [2.45, 2.75) is 65.3 Å². The summed E-state index contributed by atoms with van der Waals surface area (Å²) in [4.78, 5) is 20.1. The van der Waals surface area contributed by atoms with E-state index < -0.39 is 0 Å². The van der Waals surface area contributed by atoms with E-state index in [4.69, 9.17) is 9.72 Å². The van der Waals surface area contributed by atoms with Crippen molar-refractivity contribution in [3.8, 4) is 5.75 Å². The molecule has 1 aliphatic heterocycles. The van der Waals surface area contributed by atoms with Crippen LogP contribution in [0.2, 0.25) is 0 Å². The smallest absolute Gasteiger partial charge is 0.227 e. The maximum Gasteiger partial charge on any atom is 0.227 e. The number of nitrogens with zero attached hydrogens (tertiary/aromatic N) is 3. The number of aryl methyl sites for hydroxylation is 3. The molecule has 1 unspecified atom stereocenters. The van der Waals surface area contributed by atoms with Crippen LogP contribution in [0, 0.1) is 13.8 Å². The number of benzene rings is 3. The van der Waals surface area contributed by atoms with Crippen molar-refractivity contribution in [2.75, 3.05) is 18.1 Å². The lowest BCUT2D eigenvalue weighted by Crippen LogP contribution is -2.25. The first-order valence-electron chi connectivity index (χ1n) is 13.3. The van der Waals surface area contributed by atoms with Gasteiger partial charge in [-0.2, -0.15) is 0 Å². The fourth-order valence-corrected chi connectivity index (χ4v) is 5.23. The molecule has 0 bridgehead atoms. The number of hydrogen-bond acceptors (Lipinski definition) is 3. The zero-order valence-electron chi connectivity index (χ0n) is 22.6. The summed E-state index contributed by atoms with van der Waals surface area (Å²) < 4.78 is 8.37. The molecule has 5 rings (SSSR count). The molecule has 1 saturated heterocycles. The van der Waals surface area contributed by atoms with E-state index >= 15 is 0 Å². The highest BCUT2D eigenvalue weighted by atomic mass is 16.5. The number of amides is 1. The molecule has 5 nitrogen and oxygen atoms in total. The predicted molar refractivity (Wildman–Crippen MR) is 151 cm³/mol. The highest BCUT2D eigenvalue weighted by Gasteiger charge is 2.35. The Labute approximate surface area is 220 Å². The van der Waals surface area contributed by atoms with Crippen molar-refractivity contribution in [3.63, 3.8) is 0 Å². The molecular weight excluding hydrogens is 458 g/mol. The highest BCUT2D eigenvalue weighted by Crippen LogP contribution is 2.35. The van der Waals surface area contributed by atoms with Gasteiger partial charge in [-0.05, 0) is 72.7 Å². The predicted octanol–water partition coefficient (Wildman–Crippen LogP) is 6.94. The molecule has 192 valence electrons. The maximum absolute atomic E-state index is 13.1. The van der Waals surface area contributed by atoms with Gasteiger partial charge in [0.2, 0.25) is 5.91 Å². The van der Waals surface area contributed by atoms with E-state index in [0.717, 1.165) is 52.4 Å². The lowest BCUT2D eigenvalue weighted by Gasteiger charge is -2.20. The van der Waals surface area contributed by atoms with Crippen LogP contribution in [0.1, 0.15) is 62.0 Å². The van der Waals surface area contributed by atoms with Gasteiger partial charge in [0.15, 0.2) is 0 Å². The number of hydrogen-bond donors (Lipinski definition) is 0. The lowest BCUT2D eigenvalue weighted by atomic mass is 9.87. The van der Waals surface area contributed by atoms with Crippen molar-refractivity contribution in [1.29, 1.82) is 0 Å². The fraction of sp³-hybridized carbons (Fsp3) is 0.375. The number of carbonyl (C=O) groups is 1. The van der Waals surface area contributed by atoms with Crippen molar-refractivity contribution >= 4 is 22.6 Å². The van der Waals surface area contributed by atoms with Crippen molar-refractivity contribution < 1.29 is 9.53 Å². The van der Waals surface area contributed by atoms with Gasteiger partial charge in [-0.3, -0.25) is 4.79 Å². The standard InChI is InChI=1S/C32H37N3O2/c1-22-11-12-23(2)29(19-22)35-21-24(20-30(35)36)31-33-27-9-6-7-10-28(27)34(31)17-8-18-37-26-15-13-25(14-16-26)32(3,4)5/h6-7,9-16,19,24H,8,17-18,20-21H2,1-5H3. The Morgan fingerprint density at radius 3 is 2.51 bits per heavy atom. The van der Waals surface area contributed by atoms with Gasteiger partial charge in [0.1, 0.15) is 11.6 Å². The number of rotatable bonds is 7. The number of carbonyl (C=O) groups excluding carboxylic acids is 1. The van der Waals surface area contributed by atoms with Crippen LogP contribution < -0.4 is 9.64 Å². The van der Waals surface area contributed by atoms with E-state index in [1.54, 1.807) is 0 Å². The molecule has 1 aliphatic rings. The second-order valence-electron chi connectivity index (χ2n) is 11.3. The molecule has 37 heavy (non-hydrogen) atoms. The molecule has 0 spiro atoms. The summed E-state index contributed by atoms with van der Waals surface area (Å²) in [7, 11) is 0. The highest BCUT2D eigenvalue weighted by molar-refractivity contribution is 5.97. The second kappa shape index (κ2) is 10.0. The third kappa shape index (κ3) is 5.27. The number of fused-ring (bicyclic) bond motifs is 1. The van der Waals surface area contributed by atoms with Crippen molar-refractivity contribution in [2.24, 2.45) is 0 Å². The monoisotopic (exact) mass is 495 g/mol. The largest absolute Gasteiger partial charge is 0.494 e. The molecular formula is C32H37N3O2. The molecule has 1 fully saturated rings. The van der Waals surface area contributed by atoms with E-state index in [1.807, 2.05) is 11.0 Å². The topological polar surface area (TPSA) is 47.4 Å². The Morgan fingerprint density at radius 2 is 1.76 bits per heavy atom. The summed E-state index contributed by atoms with van der Waals surface area (Å²) >= 11 is 0. The van der Waals surface area contributed by atoms with Crippen LogP contribution in [-0.4, -0.2) is 28.6 Å². The molecule has 1 atom stereocenters. The van der Waals surface area contributed by atoms with E-state index in [9.17, 15) is 4.79 Å². The third-order valence-electron chi connectivity index (χ3n) is 7.34. The number of aromatic nitrogens is 2. The molecule has 3 aromatic carbocycles. The Bertz CT molecular complexity index is 1410. The first-order chi connectivity index (χ1) is 17.7. The summed E-state index contributed by atoms with van der Waals surface area (Å²) in [5, 5.41) is 0. The number of ether oxygens (including phenoxy) is 1. The van der Waals surface area contributed by atoms with Gasteiger partial charge in [-0.25, -0.2) is 4.98 Å². The van der Waals surface area contributed by atoms with Gasteiger partial charge in [-0.15, -0.1) is 0 Å². The Morgan fingerprint density at radius 1 is 1.00 bits per heavy atom. The van der Waals surface area contributed by atoms with Crippen LogP contribution in [0.5, 0.6) is 5.75 Å². The van der Waals surface area contributed by atoms with Crippen LogP contribution in [0.3, 0.4) is 0 Å². The van der Waals surface area contributed by atoms with Crippen LogP contribution in [0.25, 0.3) is 11.0 Å². The second-order valence-corrected chi connectivity index (χ2v) is 11.3. The Balaban J connectivity index is 1.31. The summed E-state index contributed by atoms with van der Waals surface area (Å²) in [5.41, 5.74) is 6.83. The quantitative estimate of drug-likeness (QED) is 0.261. The molecule has 0 saturated carbocycles. The minimum absolute atomic E-state index is 0.0608. The first-order valence-corrected chi connectivity index (χ1v) is 13.3. The summed E-state index contributed by atoms with van der Waals surface area (Å²) in [6.45, 7) is 12.9. The summed E-state index contributed by atoms with van der Waals surface area (Å²) in [6, 6.07) is 23.0. The SMILES string of the molecule is Cc1ccc(C)c(N2CC(c3nc4ccccc4n3CCCOc3ccc(C(C)(C)C)cc3)CC2=O)c1. The minimum atomic E-state index is 0.0608. The van der Waals surface area contributed by atoms with Gasteiger partial charge < -0.3 is 14.2 Å².